The van der Waals surface area contributed by atoms with Gasteiger partial charge in [-0.15, -0.1) is 11.3 Å². The van der Waals surface area contributed by atoms with E-state index in [1.807, 2.05) is 24.1 Å². The summed E-state index contributed by atoms with van der Waals surface area (Å²) in [5, 5.41) is 7.28. The van der Waals surface area contributed by atoms with E-state index in [4.69, 9.17) is 10.3 Å². The predicted octanol–water partition coefficient (Wildman–Crippen LogP) is 3.17. The molecule has 5 nitrogen and oxygen atoms in total. The van der Waals surface area contributed by atoms with Gasteiger partial charge in [0.05, 0.1) is 11.3 Å². The van der Waals surface area contributed by atoms with Crippen molar-refractivity contribution in [2.24, 2.45) is 5.73 Å². The molecule has 3 rings (SSSR count). The van der Waals surface area contributed by atoms with Crippen LogP contribution in [0.15, 0.2) is 9.90 Å². The van der Waals surface area contributed by atoms with Gasteiger partial charge in [0.25, 0.3) is 5.89 Å². The predicted molar refractivity (Wildman–Crippen MR) is 77.1 cm³/mol. The Labute approximate surface area is 120 Å². The van der Waals surface area contributed by atoms with E-state index in [9.17, 15) is 0 Å². The van der Waals surface area contributed by atoms with Crippen molar-refractivity contribution in [2.45, 2.75) is 37.5 Å². The molecule has 2 N–H and O–H groups in total. The monoisotopic (exact) mass is 296 g/mol. The molecule has 0 spiro atoms. The number of rotatable bonds is 3. The lowest BCUT2D eigenvalue weighted by Gasteiger charge is -2.17. The lowest BCUT2D eigenvalue weighted by Crippen LogP contribution is -2.04. The van der Waals surface area contributed by atoms with Crippen molar-refractivity contribution in [3.8, 4) is 11.6 Å². The molecule has 1 fully saturated rings. The van der Waals surface area contributed by atoms with Crippen LogP contribution in [0.1, 0.15) is 48.3 Å². The molecule has 0 radical (unpaired) electrons. The van der Waals surface area contributed by atoms with Gasteiger partial charge in [0.15, 0.2) is 5.82 Å². The first kappa shape index (κ1) is 13.1. The van der Waals surface area contributed by atoms with Gasteiger partial charge in [-0.25, -0.2) is 4.98 Å². The minimum absolute atomic E-state index is 0.0601. The Kier molecular flexibility index (Phi) is 3.86. The zero-order valence-electron chi connectivity index (χ0n) is 10.7. The fourth-order valence-corrected chi connectivity index (χ4v) is 3.99. The Hall–Kier alpha value is -0.920. The van der Waals surface area contributed by atoms with Gasteiger partial charge >= 0.3 is 0 Å². The molecule has 0 aromatic carbocycles. The summed E-state index contributed by atoms with van der Waals surface area (Å²) in [5.41, 5.74) is 6.54. The molecule has 0 saturated carbocycles. The summed E-state index contributed by atoms with van der Waals surface area (Å²) in [6.07, 6.45) is 3.66. The maximum absolute atomic E-state index is 5.81. The maximum Gasteiger partial charge on any atom is 0.277 e. The van der Waals surface area contributed by atoms with Crippen LogP contribution >= 0.6 is 23.1 Å². The minimum atomic E-state index is -0.0601. The smallest absolute Gasteiger partial charge is 0.277 e. The zero-order chi connectivity index (χ0) is 13.2. The highest BCUT2D eigenvalue weighted by atomic mass is 32.2. The number of hydrogen-bond acceptors (Lipinski definition) is 7. The lowest BCUT2D eigenvalue weighted by molar-refractivity contribution is 0.419. The summed E-state index contributed by atoms with van der Waals surface area (Å²) in [6.45, 7) is 1.92. The fraction of sp³-hybridized carbons (Fsp3) is 0.583. The van der Waals surface area contributed by atoms with Crippen LogP contribution in [0.3, 0.4) is 0 Å². The molecule has 7 heteroatoms. The molecule has 2 unspecified atom stereocenters. The zero-order valence-corrected chi connectivity index (χ0v) is 12.3. The second-order valence-electron chi connectivity index (χ2n) is 4.67. The molecule has 1 aliphatic heterocycles. The van der Waals surface area contributed by atoms with E-state index in [2.05, 4.69) is 15.1 Å². The molecular weight excluding hydrogens is 280 g/mol. The standard InChI is InChI=1S/C12H16N4OS2/c1-7(13)12-14-8(6-19-12)11-15-10(16-17-11)9-4-2-3-5-18-9/h6-7,9H,2-5,13H2,1H3. The number of hydrogen-bond donors (Lipinski definition) is 1. The van der Waals surface area contributed by atoms with Gasteiger partial charge in [-0.2, -0.15) is 16.7 Å². The highest BCUT2D eigenvalue weighted by molar-refractivity contribution is 7.99. The van der Waals surface area contributed by atoms with Crippen LogP contribution in [0, 0.1) is 0 Å². The molecule has 3 heterocycles. The van der Waals surface area contributed by atoms with Gasteiger partial charge in [0.2, 0.25) is 0 Å². The largest absolute Gasteiger partial charge is 0.332 e. The van der Waals surface area contributed by atoms with E-state index in [0.717, 1.165) is 22.9 Å². The third kappa shape index (κ3) is 2.82. The van der Waals surface area contributed by atoms with Crippen molar-refractivity contribution >= 4 is 23.1 Å². The highest BCUT2D eigenvalue weighted by Crippen LogP contribution is 2.37. The molecule has 0 bridgehead atoms. The minimum Gasteiger partial charge on any atom is -0.332 e. The first-order valence-corrected chi connectivity index (χ1v) is 8.33. The van der Waals surface area contributed by atoms with Crippen LogP contribution in [-0.4, -0.2) is 20.9 Å². The molecule has 2 aromatic heterocycles. The Morgan fingerprint density at radius 3 is 3.00 bits per heavy atom. The summed E-state index contributed by atoms with van der Waals surface area (Å²) in [6, 6.07) is -0.0601. The van der Waals surface area contributed by atoms with Crippen LogP contribution in [0.2, 0.25) is 0 Å². The molecule has 2 aromatic rings. The molecule has 0 amide bonds. The fourth-order valence-electron chi connectivity index (χ4n) is 2.01. The lowest BCUT2D eigenvalue weighted by atomic mass is 10.2. The summed E-state index contributed by atoms with van der Waals surface area (Å²) in [5.74, 6) is 2.49. The first-order valence-electron chi connectivity index (χ1n) is 6.40. The molecule has 1 aliphatic rings. The molecule has 102 valence electrons. The molecule has 0 aliphatic carbocycles. The molecule has 19 heavy (non-hydrogen) atoms. The number of thioether (sulfide) groups is 1. The Bertz CT molecular complexity index is 545. The van der Waals surface area contributed by atoms with Crippen molar-refractivity contribution in [1.29, 1.82) is 0 Å². The first-order chi connectivity index (χ1) is 9.24. The van der Waals surface area contributed by atoms with Crippen molar-refractivity contribution in [3.63, 3.8) is 0 Å². The van der Waals surface area contributed by atoms with E-state index in [-0.39, 0.29) is 6.04 Å². The number of thiazole rings is 1. The van der Waals surface area contributed by atoms with Crippen molar-refractivity contribution < 1.29 is 4.52 Å². The van der Waals surface area contributed by atoms with Crippen molar-refractivity contribution in [2.75, 3.05) is 5.75 Å². The maximum atomic E-state index is 5.81. The Balaban J connectivity index is 1.79. The van der Waals surface area contributed by atoms with Gasteiger partial charge in [-0.3, -0.25) is 0 Å². The van der Waals surface area contributed by atoms with E-state index < -0.39 is 0 Å². The number of aromatic nitrogens is 3. The molecular formula is C12H16N4OS2. The van der Waals surface area contributed by atoms with Crippen LogP contribution in [-0.2, 0) is 0 Å². The van der Waals surface area contributed by atoms with E-state index in [0.29, 0.717) is 11.1 Å². The second-order valence-corrected chi connectivity index (χ2v) is 6.87. The molecule has 2 atom stereocenters. The van der Waals surface area contributed by atoms with Crippen LogP contribution in [0.25, 0.3) is 11.6 Å². The van der Waals surface area contributed by atoms with Crippen molar-refractivity contribution in [1.82, 2.24) is 15.1 Å². The normalized spacial score (nSPS) is 21.5. The quantitative estimate of drug-likeness (QED) is 0.937. The average molecular weight is 296 g/mol. The van der Waals surface area contributed by atoms with Crippen molar-refractivity contribution in [3.05, 3.63) is 16.2 Å². The summed E-state index contributed by atoms with van der Waals surface area (Å²) < 4.78 is 5.33. The van der Waals surface area contributed by atoms with Gasteiger partial charge in [-0.1, -0.05) is 11.6 Å². The van der Waals surface area contributed by atoms with Crippen LogP contribution in [0.5, 0.6) is 0 Å². The van der Waals surface area contributed by atoms with E-state index in [1.54, 1.807) is 0 Å². The number of nitrogens with two attached hydrogens (primary N) is 1. The van der Waals surface area contributed by atoms with Gasteiger partial charge in [0.1, 0.15) is 10.7 Å². The average Bonchev–Trinajstić information content (AvgIpc) is 3.09. The third-order valence-electron chi connectivity index (χ3n) is 3.04. The Morgan fingerprint density at radius 2 is 2.32 bits per heavy atom. The van der Waals surface area contributed by atoms with Gasteiger partial charge < -0.3 is 10.3 Å². The molecule has 1 saturated heterocycles. The van der Waals surface area contributed by atoms with E-state index >= 15 is 0 Å². The number of nitrogens with zero attached hydrogens (tertiary/aromatic N) is 3. The van der Waals surface area contributed by atoms with Gasteiger partial charge in [0, 0.05) is 5.38 Å². The SMILES string of the molecule is CC(N)c1nc(-c2nc(C3CCCCS3)no2)cs1. The van der Waals surface area contributed by atoms with Crippen LogP contribution < -0.4 is 5.73 Å². The van der Waals surface area contributed by atoms with Crippen LogP contribution in [0.4, 0.5) is 0 Å². The van der Waals surface area contributed by atoms with Gasteiger partial charge in [-0.05, 0) is 25.5 Å². The second kappa shape index (κ2) is 5.60. The summed E-state index contributed by atoms with van der Waals surface area (Å²) >= 11 is 3.44. The Morgan fingerprint density at radius 1 is 1.42 bits per heavy atom. The third-order valence-corrected chi connectivity index (χ3v) is 5.46. The summed E-state index contributed by atoms with van der Waals surface area (Å²) in [4.78, 5) is 8.91. The summed E-state index contributed by atoms with van der Waals surface area (Å²) in [7, 11) is 0. The van der Waals surface area contributed by atoms with E-state index in [1.165, 1.54) is 29.9 Å². The topological polar surface area (TPSA) is 77.8 Å². The highest BCUT2D eigenvalue weighted by Gasteiger charge is 2.22.